The molecule has 0 saturated heterocycles. The van der Waals surface area contributed by atoms with Crippen LogP contribution in [0.2, 0.25) is 0 Å². The second kappa shape index (κ2) is 10.2. The highest BCUT2D eigenvalue weighted by atomic mass is 127. The summed E-state index contributed by atoms with van der Waals surface area (Å²) in [6, 6.07) is 13.9. The Bertz CT molecular complexity index is 864. The fourth-order valence-electron chi connectivity index (χ4n) is 5.19. The number of allylic oxidation sites excluding steroid dienone is 1. The highest BCUT2D eigenvalue weighted by Gasteiger charge is 2.39. The van der Waals surface area contributed by atoms with Crippen molar-refractivity contribution in [3.05, 3.63) is 82.4 Å². The molecule has 0 radical (unpaired) electrons. The average molecular weight is 521 g/mol. The third kappa shape index (κ3) is 5.37. The van der Waals surface area contributed by atoms with Crippen molar-refractivity contribution < 1.29 is 37.3 Å². The van der Waals surface area contributed by atoms with Gasteiger partial charge in [-0.05, 0) is 91.3 Å². The zero-order valence-corrected chi connectivity index (χ0v) is 19.8. The second-order valence-corrected chi connectivity index (χ2v) is 8.75. The van der Waals surface area contributed by atoms with Gasteiger partial charge >= 0.3 is 0 Å². The van der Waals surface area contributed by atoms with Crippen LogP contribution in [0.25, 0.3) is 0 Å². The van der Waals surface area contributed by atoms with E-state index in [9.17, 15) is 8.78 Å². The zero-order valence-electron chi connectivity index (χ0n) is 17.6. The molecule has 30 heavy (non-hydrogen) atoms. The second-order valence-electron chi connectivity index (χ2n) is 8.75. The molecule has 0 atom stereocenters. The summed E-state index contributed by atoms with van der Waals surface area (Å²) in [7, 11) is 2.16. The smallest absolute Gasteiger partial charge is 0.166 e. The van der Waals surface area contributed by atoms with Gasteiger partial charge in [-0.15, -0.1) is 0 Å². The molecule has 0 bridgehead atoms. The van der Waals surface area contributed by atoms with E-state index in [0.717, 1.165) is 38.6 Å². The summed E-state index contributed by atoms with van der Waals surface area (Å²) in [5.41, 5.74) is 5.78. The van der Waals surface area contributed by atoms with Crippen LogP contribution in [0.5, 0.6) is 0 Å². The van der Waals surface area contributed by atoms with Crippen LogP contribution in [0.1, 0.15) is 49.7 Å². The van der Waals surface area contributed by atoms with E-state index in [1.165, 1.54) is 36.0 Å². The summed E-state index contributed by atoms with van der Waals surface area (Å²) in [6.07, 6.45) is 11.2. The Morgan fingerprint density at radius 1 is 0.833 bits per heavy atom. The SMILES string of the molecule is C[N+]1=CC2=C(CC1)C(CCc1ccc(F)cc1)(CCc1ccc(F)cc1)CCC2.[I-]. The van der Waals surface area contributed by atoms with Crippen LogP contribution in [0.4, 0.5) is 8.78 Å². The van der Waals surface area contributed by atoms with Crippen LogP contribution >= 0.6 is 0 Å². The van der Waals surface area contributed by atoms with Crippen molar-refractivity contribution in [2.75, 3.05) is 13.6 Å². The molecule has 0 saturated carbocycles. The molecule has 1 nitrogen and oxygen atoms in total. The van der Waals surface area contributed by atoms with Gasteiger partial charge in [0, 0.05) is 12.0 Å². The first-order valence-corrected chi connectivity index (χ1v) is 10.8. The Morgan fingerprint density at radius 2 is 1.37 bits per heavy atom. The van der Waals surface area contributed by atoms with Crippen LogP contribution in [0.15, 0.2) is 59.7 Å². The lowest BCUT2D eigenvalue weighted by Gasteiger charge is -2.42. The van der Waals surface area contributed by atoms with Crippen LogP contribution in [-0.2, 0) is 12.8 Å². The molecule has 0 spiro atoms. The molecule has 0 fully saturated rings. The minimum atomic E-state index is -0.174. The lowest BCUT2D eigenvalue weighted by molar-refractivity contribution is -0.493. The van der Waals surface area contributed by atoms with E-state index in [1.54, 1.807) is 29.8 Å². The number of halogens is 3. The van der Waals surface area contributed by atoms with Crippen molar-refractivity contribution in [3.8, 4) is 0 Å². The highest BCUT2D eigenvalue weighted by Crippen LogP contribution is 2.49. The van der Waals surface area contributed by atoms with Crippen molar-refractivity contribution in [2.45, 2.75) is 51.4 Å². The van der Waals surface area contributed by atoms with Gasteiger partial charge in [0.1, 0.15) is 25.2 Å². The molecule has 4 heteroatoms. The van der Waals surface area contributed by atoms with Gasteiger partial charge in [-0.2, -0.15) is 0 Å². The summed E-state index contributed by atoms with van der Waals surface area (Å²) < 4.78 is 28.9. The Hall–Kier alpha value is -1.56. The first kappa shape index (κ1) is 23.1. The first-order chi connectivity index (χ1) is 14.0. The number of nitrogens with zero attached hydrogens (tertiary/aromatic N) is 1. The topological polar surface area (TPSA) is 3.01 Å². The molecule has 1 heterocycles. The quantitative estimate of drug-likeness (QED) is 0.406. The highest BCUT2D eigenvalue weighted by molar-refractivity contribution is 5.77. The maximum atomic E-state index is 13.3. The molecule has 2 aromatic carbocycles. The largest absolute Gasteiger partial charge is 1.00 e. The van der Waals surface area contributed by atoms with Gasteiger partial charge in [0.2, 0.25) is 0 Å². The van der Waals surface area contributed by atoms with Gasteiger partial charge in [0.25, 0.3) is 0 Å². The van der Waals surface area contributed by atoms with E-state index in [1.807, 2.05) is 24.3 Å². The van der Waals surface area contributed by atoms with Gasteiger partial charge in [-0.3, -0.25) is 0 Å². The molecule has 1 aliphatic heterocycles. The van der Waals surface area contributed by atoms with Crippen molar-refractivity contribution in [2.24, 2.45) is 5.41 Å². The molecule has 2 aliphatic rings. The van der Waals surface area contributed by atoms with E-state index in [0.29, 0.717) is 0 Å². The fraction of sp³-hybridized carbons (Fsp3) is 0.423. The van der Waals surface area contributed by atoms with Crippen LogP contribution in [0.3, 0.4) is 0 Å². The van der Waals surface area contributed by atoms with Gasteiger partial charge in [0.15, 0.2) is 6.21 Å². The Kier molecular flexibility index (Phi) is 7.83. The molecule has 160 valence electrons. The minimum absolute atomic E-state index is 0. The predicted molar refractivity (Wildman–Crippen MR) is 114 cm³/mol. The lowest BCUT2D eigenvalue weighted by atomic mass is 9.63. The number of rotatable bonds is 6. The third-order valence-electron chi connectivity index (χ3n) is 6.83. The van der Waals surface area contributed by atoms with Gasteiger partial charge in [-0.25, -0.2) is 13.4 Å². The molecule has 0 amide bonds. The van der Waals surface area contributed by atoms with Crippen molar-refractivity contribution >= 4 is 6.21 Å². The van der Waals surface area contributed by atoms with E-state index in [2.05, 4.69) is 17.8 Å². The van der Waals surface area contributed by atoms with Crippen molar-refractivity contribution in [3.63, 3.8) is 0 Å². The van der Waals surface area contributed by atoms with Crippen LogP contribution in [-0.4, -0.2) is 24.4 Å². The summed E-state index contributed by atoms with van der Waals surface area (Å²) in [5, 5.41) is 0. The van der Waals surface area contributed by atoms with Crippen molar-refractivity contribution in [1.82, 2.24) is 0 Å². The van der Waals surface area contributed by atoms with E-state index >= 15 is 0 Å². The summed E-state index contributed by atoms with van der Waals surface area (Å²) in [5.74, 6) is -0.347. The summed E-state index contributed by atoms with van der Waals surface area (Å²) in [6.45, 7) is 1.08. The number of hydrogen-bond donors (Lipinski definition) is 0. The standard InChI is InChI=1S/C26H30F2N.HI/c1-29-18-14-25-22(19-29)3-2-15-26(25,16-12-20-4-8-23(27)9-5-20)17-13-21-6-10-24(28)11-7-21;/h4-11,19H,2-3,12-18H2,1H3;1H/q+1;/p-1. The molecule has 0 N–H and O–H groups in total. The van der Waals surface area contributed by atoms with E-state index in [4.69, 9.17) is 0 Å². The first-order valence-electron chi connectivity index (χ1n) is 10.8. The van der Waals surface area contributed by atoms with E-state index < -0.39 is 0 Å². The average Bonchev–Trinajstić information content (AvgIpc) is 2.73. The fourth-order valence-corrected chi connectivity index (χ4v) is 5.19. The van der Waals surface area contributed by atoms with Gasteiger partial charge in [-0.1, -0.05) is 24.3 Å². The maximum absolute atomic E-state index is 13.3. The predicted octanol–water partition coefficient (Wildman–Crippen LogP) is 3.12. The molecular weight excluding hydrogens is 491 g/mol. The minimum Gasteiger partial charge on any atom is -1.00 e. The normalized spacial score (nSPS) is 17.8. The molecule has 0 aromatic heterocycles. The Morgan fingerprint density at radius 3 is 1.90 bits per heavy atom. The van der Waals surface area contributed by atoms with Crippen LogP contribution < -0.4 is 24.0 Å². The third-order valence-corrected chi connectivity index (χ3v) is 6.83. The summed E-state index contributed by atoms with van der Waals surface area (Å²) in [4.78, 5) is 0. The van der Waals surface area contributed by atoms with Gasteiger partial charge < -0.3 is 24.0 Å². The van der Waals surface area contributed by atoms with Gasteiger partial charge in [0.05, 0.1) is 0 Å². The number of aryl methyl sites for hydroxylation is 2. The zero-order chi connectivity index (χ0) is 20.3. The monoisotopic (exact) mass is 521 g/mol. The van der Waals surface area contributed by atoms with Crippen molar-refractivity contribution in [1.29, 1.82) is 0 Å². The molecule has 0 unspecified atom stereocenters. The number of hydrogen-bond acceptors (Lipinski definition) is 0. The molecule has 4 rings (SSSR count). The molecule has 1 aliphatic carbocycles. The molecular formula is C26H30F2IN. The number of benzene rings is 2. The molecule has 2 aromatic rings. The maximum Gasteiger partial charge on any atom is 0.166 e. The summed E-state index contributed by atoms with van der Waals surface area (Å²) >= 11 is 0. The Labute approximate surface area is 195 Å². The Balaban J connectivity index is 0.00000256. The lowest BCUT2D eigenvalue weighted by Crippen LogP contribution is -3.00. The van der Waals surface area contributed by atoms with Crippen LogP contribution in [0, 0.1) is 17.0 Å². The van der Waals surface area contributed by atoms with E-state index in [-0.39, 0.29) is 41.0 Å².